The molecule has 2 heterocycles. The topological polar surface area (TPSA) is 58.6 Å². The highest BCUT2D eigenvalue weighted by atomic mass is 127. The Kier molecular flexibility index (Phi) is 7.51. The largest absolute Gasteiger partial charge is 0.459 e. The number of halogens is 1. The Balaban J connectivity index is 0.00000256. The second-order valence-corrected chi connectivity index (χ2v) is 6.96. The Labute approximate surface area is 193 Å². The number of furan rings is 1. The summed E-state index contributed by atoms with van der Waals surface area (Å²) in [5, 5.41) is 4.52. The van der Waals surface area contributed by atoms with Crippen molar-refractivity contribution in [1.29, 1.82) is 0 Å². The third-order valence-corrected chi connectivity index (χ3v) is 4.84. The molecule has 4 rings (SSSR count). The summed E-state index contributed by atoms with van der Waals surface area (Å²) >= 11 is 0. The Morgan fingerprint density at radius 3 is 2.67 bits per heavy atom. The van der Waals surface area contributed by atoms with Gasteiger partial charge in [-0.1, -0.05) is 48.5 Å². The molecule has 1 N–H and O–H groups in total. The molecule has 0 spiro atoms. The van der Waals surface area contributed by atoms with Crippen LogP contribution >= 0.6 is 24.0 Å². The molecule has 2 aromatic carbocycles. The summed E-state index contributed by atoms with van der Waals surface area (Å²) in [6, 6.07) is 20.5. The lowest BCUT2D eigenvalue weighted by molar-refractivity contribution is 0.411. The van der Waals surface area contributed by atoms with E-state index in [0.29, 0.717) is 13.1 Å². The van der Waals surface area contributed by atoms with Gasteiger partial charge in [-0.3, -0.25) is 4.99 Å². The summed E-state index contributed by atoms with van der Waals surface area (Å²) in [6.07, 6.45) is 3.84. The fourth-order valence-electron chi connectivity index (χ4n) is 3.40. The maximum absolute atomic E-state index is 5.93. The van der Waals surface area contributed by atoms with E-state index in [1.54, 1.807) is 7.05 Å². The molecule has 0 atom stereocenters. The molecular weight excluding hydrogens is 489 g/mol. The molecule has 0 unspecified atom stereocenters. The number of nitrogens with one attached hydrogen (secondary N) is 1. The van der Waals surface area contributed by atoms with Gasteiger partial charge in [0.1, 0.15) is 17.2 Å². The van der Waals surface area contributed by atoms with E-state index >= 15 is 0 Å². The van der Waals surface area contributed by atoms with Gasteiger partial charge < -0.3 is 19.2 Å². The van der Waals surface area contributed by atoms with E-state index in [1.807, 2.05) is 48.6 Å². The van der Waals surface area contributed by atoms with Gasteiger partial charge in [0, 0.05) is 38.4 Å². The van der Waals surface area contributed by atoms with Crippen molar-refractivity contribution in [3.05, 3.63) is 90.2 Å². The van der Waals surface area contributed by atoms with Crippen molar-refractivity contribution in [2.24, 2.45) is 4.99 Å². The number of hydrogen-bond donors (Lipinski definition) is 1. The summed E-state index contributed by atoms with van der Waals surface area (Å²) in [5.41, 5.74) is 2.15. The first-order valence-corrected chi connectivity index (χ1v) is 9.66. The van der Waals surface area contributed by atoms with Crippen LogP contribution in [0.1, 0.15) is 17.1 Å². The van der Waals surface area contributed by atoms with Crippen LogP contribution in [-0.4, -0.2) is 34.5 Å². The third kappa shape index (κ3) is 5.21. The predicted octanol–water partition coefficient (Wildman–Crippen LogP) is 4.50. The van der Waals surface area contributed by atoms with Crippen LogP contribution in [0.5, 0.6) is 0 Å². The normalized spacial score (nSPS) is 11.3. The van der Waals surface area contributed by atoms with Crippen LogP contribution in [0, 0.1) is 0 Å². The smallest absolute Gasteiger partial charge is 0.194 e. The van der Waals surface area contributed by atoms with Gasteiger partial charge in [-0.25, -0.2) is 4.98 Å². The first kappa shape index (κ1) is 21.9. The SMILES string of the molecule is CN=C(NCc1nccn1Cc1ccccc1)N(C)Cc1cc2ccccc2o1.I. The number of nitrogens with zero attached hydrogens (tertiary/aromatic N) is 4. The van der Waals surface area contributed by atoms with Crippen LogP contribution in [0.4, 0.5) is 0 Å². The molecule has 0 radical (unpaired) electrons. The molecule has 0 amide bonds. The fraction of sp³-hybridized carbons (Fsp3) is 0.217. The van der Waals surface area contributed by atoms with Gasteiger partial charge in [0.15, 0.2) is 5.96 Å². The Morgan fingerprint density at radius 2 is 1.90 bits per heavy atom. The lowest BCUT2D eigenvalue weighted by Crippen LogP contribution is -2.38. The Morgan fingerprint density at radius 1 is 1.13 bits per heavy atom. The number of imidazole rings is 1. The zero-order valence-electron chi connectivity index (χ0n) is 17.2. The molecule has 6 nitrogen and oxygen atoms in total. The number of rotatable bonds is 6. The van der Waals surface area contributed by atoms with Crippen molar-refractivity contribution in [2.75, 3.05) is 14.1 Å². The zero-order chi connectivity index (χ0) is 20.1. The summed E-state index contributed by atoms with van der Waals surface area (Å²) in [6.45, 7) is 2.02. The molecule has 156 valence electrons. The average molecular weight is 515 g/mol. The molecule has 0 saturated heterocycles. The van der Waals surface area contributed by atoms with Gasteiger partial charge in [-0.15, -0.1) is 24.0 Å². The number of hydrogen-bond acceptors (Lipinski definition) is 3. The molecule has 0 aliphatic carbocycles. The van der Waals surface area contributed by atoms with Crippen molar-refractivity contribution in [3.8, 4) is 0 Å². The molecule has 0 saturated carbocycles. The molecule has 0 fully saturated rings. The van der Waals surface area contributed by atoms with Crippen LogP contribution in [0.25, 0.3) is 11.0 Å². The van der Waals surface area contributed by atoms with E-state index < -0.39 is 0 Å². The minimum atomic E-state index is 0. The summed E-state index contributed by atoms with van der Waals surface area (Å²) < 4.78 is 8.08. The Hall–Kier alpha value is -2.81. The van der Waals surface area contributed by atoms with Gasteiger partial charge >= 0.3 is 0 Å². The summed E-state index contributed by atoms with van der Waals surface area (Å²) in [4.78, 5) is 10.9. The maximum Gasteiger partial charge on any atom is 0.194 e. The molecule has 0 aliphatic heterocycles. The average Bonchev–Trinajstić information content (AvgIpc) is 3.35. The third-order valence-electron chi connectivity index (χ3n) is 4.84. The number of benzene rings is 2. The standard InChI is InChI=1S/C23H25N5O.HI/c1-24-23(27(2)17-20-14-19-10-6-7-11-21(19)29-20)26-15-22-25-12-13-28(22)16-18-8-4-3-5-9-18;/h3-14H,15-17H2,1-2H3,(H,24,26);1H. The van der Waals surface area contributed by atoms with Crippen LogP contribution in [0.2, 0.25) is 0 Å². The Bertz CT molecular complexity index is 1070. The molecule has 2 aromatic heterocycles. The van der Waals surface area contributed by atoms with Gasteiger partial charge in [0.05, 0.1) is 13.1 Å². The lowest BCUT2D eigenvalue weighted by Gasteiger charge is -2.21. The number of aromatic nitrogens is 2. The van der Waals surface area contributed by atoms with Gasteiger partial charge in [0.2, 0.25) is 0 Å². The van der Waals surface area contributed by atoms with E-state index in [1.165, 1.54) is 5.56 Å². The number of para-hydroxylation sites is 1. The van der Waals surface area contributed by atoms with Crippen molar-refractivity contribution < 1.29 is 4.42 Å². The molecule has 7 heteroatoms. The molecule has 0 aliphatic rings. The number of guanidine groups is 1. The molecule has 0 bridgehead atoms. The monoisotopic (exact) mass is 515 g/mol. The molecular formula is C23H26IN5O. The van der Waals surface area contributed by atoms with E-state index in [9.17, 15) is 0 Å². The van der Waals surface area contributed by atoms with Crippen LogP contribution in [0.3, 0.4) is 0 Å². The van der Waals surface area contributed by atoms with E-state index in [2.05, 4.69) is 56.3 Å². The van der Waals surface area contributed by atoms with Crippen molar-refractivity contribution in [3.63, 3.8) is 0 Å². The van der Waals surface area contributed by atoms with E-state index in [4.69, 9.17) is 4.42 Å². The fourth-order valence-corrected chi connectivity index (χ4v) is 3.40. The summed E-state index contributed by atoms with van der Waals surface area (Å²) in [5.74, 6) is 2.66. The second-order valence-electron chi connectivity index (χ2n) is 6.96. The predicted molar refractivity (Wildman–Crippen MR) is 131 cm³/mol. The second kappa shape index (κ2) is 10.3. The highest BCUT2D eigenvalue weighted by Gasteiger charge is 2.12. The quantitative estimate of drug-likeness (QED) is 0.234. The highest BCUT2D eigenvalue weighted by molar-refractivity contribution is 14.0. The first-order chi connectivity index (χ1) is 14.2. The van der Waals surface area contributed by atoms with Crippen LogP contribution < -0.4 is 5.32 Å². The first-order valence-electron chi connectivity index (χ1n) is 9.66. The van der Waals surface area contributed by atoms with E-state index in [-0.39, 0.29) is 24.0 Å². The van der Waals surface area contributed by atoms with Crippen molar-refractivity contribution in [2.45, 2.75) is 19.6 Å². The minimum absolute atomic E-state index is 0. The highest BCUT2D eigenvalue weighted by Crippen LogP contribution is 2.19. The lowest BCUT2D eigenvalue weighted by atomic mass is 10.2. The number of fused-ring (bicyclic) bond motifs is 1. The minimum Gasteiger partial charge on any atom is -0.459 e. The molecule has 30 heavy (non-hydrogen) atoms. The van der Waals surface area contributed by atoms with Crippen LogP contribution in [0.15, 0.2) is 82.5 Å². The van der Waals surface area contributed by atoms with Gasteiger partial charge in [0.25, 0.3) is 0 Å². The zero-order valence-corrected chi connectivity index (χ0v) is 19.5. The maximum atomic E-state index is 5.93. The molecule has 4 aromatic rings. The van der Waals surface area contributed by atoms with E-state index in [0.717, 1.165) is 35.1 Å². The summed E-state index contributed by atoms with van der Waals surface area (Å²) in [7, 11) is 3.78. The van der Waals surface area contributed by atoms with Crippen molar-refractivity contribution in [1.82, 2.24) is 19.8 Å². The van der Waals surface area contributed by atoms with Crippen LogP contribution in [-0.2, 0) is 19.6 Å². The van der Waals surface area contributed by atoms with Crippen molar-refractivity contribution >= 4 is 40.9 Å². The van der Waals surface area contributed by atoms with Gasteiger partial charge in [-0.05, 0) is 17.7 Å². The van der Waals surface area contributed by atoms with Gasteiger partial charge in [-0.2, -0.15) is 0 Å². The number of aliphatic imine (C=N–C) groups is 1.